The van der Waals surface area contributed by atoms with Gasteiger partial charge < -0.3 is 50.5 Å². The largest absolute Gasteiger partial charge is 0.394 e. The lowest BCUT2D eigenvalue weighted by molar-refractivity contribution is -0.303. The van der Waals surface area contributed by atoms with Gasteiger partial charge in [-0.05, 0) is 25.7 Å². The van der Waals surface area contributed by atoms with Crippen LogP contribution in [0.2, 0.25) is 0 Å². The van der Waals surface area contributed by atoms with Gasteiger partial charge in [-0.2, -0.15) is 0 Å². The SMILES string of the molecule is CCCCCCCCCC=CC=CC[C@@H](O)[C@@H](O)[C@H](CO[C@@H]1O[C@H](CO)[C@@H](O)[C@H](O)[C@H]1O)NC(=O)[C@H](O)CCCCCCCCCCCCCCCCCCCCCC. The number of unbranched alkanes of at least 4 members (excludes halogenated alkanes) is 26. The maximum absolute atomic E-state index is 13.1. The number of ether oxygens (including phenoxy) is 2. The maximum atomic E-state index is 13.1. The summed E-state index contributed by atoms with van der Waals surface area (Å²) in [5.41, 5.74) is 0. The first kappa shape index (κ1) is 55.6. The van der Waals surface area contributed by atoms with Gasteiger partial charge in [-0.25, -0.2) is 0 Å². The summed E-state index contributed by atoms with van der Waals surface area (Å²) in [4.78, 5) is 13.1. The van der Waals surface area contributed by atoms with Crippen LogP contribution in [0.25, 0.3) is 0 Å². The van der Waals surface area contributed by atoms with Gasteiger partial charge in [0, 0.05) is 0 Å². The van der Waals surface area contributed by atoms with Crippen molar-refractivity contribution in [1.82, 2.24) is 5.32 Å². The van der Waals surface area contributed by atoms with Gasteiger partial charge in [0.1, 0.15) is 36.6 Å². The fourth-order valence-corrected chi connectivity index (χ4v) is 7.73. The molecule has 0 aromatic rings. The second kappa shape index (κ2) is 38.3. The van der Waals surface area contributed by atoms with Crippen molar-refractivity contribution < 1.29 is 50.0 Å². The van der Waals surface area contributed by atoms with Gasteiger partial charge in [-0.1, -0.05) is 205 Å². The van der Waals surface area contributed by atoms with Crippen LogP contribution in [0.3, 0.4) is 0 Å². The first-order chi connectivity index (χ1) is 28.7. The topological polar surface area (TPSA) is 189 Å². The molecule has 1 aliphatic rings. The number of aliphatic hydroxyl groups is 7. The van der Waals surface area contributed by atoms with Crippen molar-refractivity contribution in [2.75, 3.05) is 13.2 Å². The Morgan fingerprint density at radius 2 is 1.05 bits per heavy atom. The van der Waals surface area contributed by atoms with Crippen molar-refractivity contribution >= 4 is 5.91 Å². The molecule has 1 rings (SSSR count). The summed E-state index contributed by atoms with van der Waals surface area (Å²) in [6.07, 6.45) is 31.1. The smallest absolute Gasteiger partial charge is 0.249 e. The van der Waals surface area contributed by atoms with Crippen molar-refractivity contribution in [1.29, 1.82) is 0 Å². The van der Waals surface area contributed by atoms with Crippen LogP contribution in [0.4, 0.5) is 0 Å². The molecule has 1 amide bonds. The quantitative estimate of drug-likeness (QED) is 0.0221. The lowest BCUT2D eigenvalue weighted by Crippen LogP contribution is -2.60. The van der Waals surface area contributed by atoms with Crippen molar-refractivity contribution in [3.63, 3.8) is 0 Å². The second-order valence-corrected chi connectivity index (χ2v) is 17.2. The Hall–Kier alpha value is -1.41. The van der Waals surface area contributed by atoms with Gasteiger partial charge in [-0.3, -0.25) is 4.79 Å². The van der Waals surface area contributed by atoms with Crippen LogP contribution in [-0.4, -0.2) is 110 Å². The highest BCUT2D eigenvalue weighted by Gasteiger charge is 2.44. The molecular weight excluding hydrogens is 751 g/mol. The molecule has 8 N–H and O–H groups in total. The van der Waals surface area contributed by atoms with Gasteiger partial charge in [0.15, 0.2) is 6.29 Å². The van der Waals surface area contributed by atoms with Gasteiger partial charge in [0.2, 0.25) is 5.91 Å². The molecule has 1 aliphatic heterocycles. The van der Waals surface area contributed by atoms with E-state index in [4.69, 9.17) is 9.47 Å². The van der Waals surface area contributed by atoms with E-state index in [0.717, 1.165) is 32.1 Å². The third-order valence-electron chi connectivity index (χ3n) is 11.8. The number of aliphatic hydroxyl groups excluding tert-OH is 7. The molecule has 11 nitrogen and oxygen atoms in total. The van der Waals surface area contributed by atoms with Crippen LogP contribution < -0.4 is 5.32 Å². The molecule has 348 valence electrons. The van der Waals surface area contributed by atoms with E-state index in [2.05, 4.69) is 25.2 Å². The molecule has 59 heavy (non-hydrogen) atoms. The molecule has 0 bridgehead atoms. The molecule has 1 fully saturated rings. The number of hydrogen-bond acceptors (Lipinski definition) is 10. The summed E-state index contributed by atoms with van der Waals surface area (Å²) >= 11 is 0. The van der Waals surface area contributed by atoms with Crippen LogP contribution in [0.15, 0.2) is 24.3 Å². The highest BCUT2D eigenvalue weighted by molar-refractivity contribution is 5.80. The summed E-state index contributed by atoms with van der Waals surface area (Å²) in [7, 11) is 0. The van der Waals surface area contributed by atoms with E-state index in [1.807, 2.05) is 6.08 Å². The lowest BCUT2D eigenvalue weighted by atomic mass is 9.99. The highest BCUT2D eigenvalue weighted by Crippen LogP contribution is 2.23. The molecule has 0 aromatic heterocycles. The Balaban J connectivity index is 2.42. The van der Waals surface area contributed by atoms with Gasteiger partial charge >= 0.3 is 0 Å². The second-order valence-electron chi connectivity index (χ2n) is 17.2. The molecule has 11 heteroatoms. The molecule has 0 unspecified atom stereocenters. The molecule has 1 heterocycles. The Morgan fingerprint density at radius 3 is 1.53 bits per heavy atom. The predicted octanol–water partition coefficient (Wildman–Crippen LogP) is 8.23. The van der Waals surface area contributed by atoms with E-state index in [9.17, 15) is 40.5 Å². The zero-order chi connectivity index (χ0) is 43.4. The van der Waals surface area contributed by atoms with E-state index < -0.39 is 74.2 Å². The Kier molecular flexibility index (Phi) is 36.1. The number of carbonyl (C=O) groups excluding carboxylic acids is 1. The van der Waals surface area contributed by atoms with Gasteiger partial charge in [0.25, 0.3) is 0 Å². The Morgan fingerprint density at radius 1 is 0.610 bits per heavy atom. The monoisotopic (exact) mass is 842 g/mol. The summed E-state index contributed by atoms with van der Waals surface area (Å²) < 4.78 is 11.0. The summed E-state index contributed by atoms with van der Waals surface area (Å²) in [6.45, 7) is 3.38. The van der Waals surface area contributed by atoms with Gasteiger partial charge in [0.05, 0.1) is 25.4 Å². The summed E-state index contributed by atoms with van der Waals surface area (Å²) in [5, 5.41) is 75.5. The zero-order valence-corrected chi connectivity index (χ0v) is 37.5. The molecule has 1 saturated heterocycles. The lowest BCUT2D eigenvalue weighted by Gasteiger charge is -2.40. The molecule has 0 aliphatic carbocycles. The molecule has 0 saturated carbocycles. The van der Waals surface area contributed by atoms with Crippen LogP contribution in [0, 0.1) is 0 Å². The number of hydrogen-bond donors (Lipinski definition) is 8. The third-order valence-corrected chi connectivity index (χ3v) is 11.8. The van der Waals surface area contributed by atoms with Crippen molar-refractivity contribution in [2.24, 2.45) is 0 Å². The minimum atomic E-state index is -1.67. The summed E-state index contributed by atoms with van der Waals surface area (Å²) in [5.74, 6) is -0.722. The maximum Gasteiger partial charge on any atom is 0.249 e. The fourth-order valence-electron chi connectivity index (χ4n) is 7.73. The molecule has 0 radical (unpaired) electrons. The van der Waals surface area contributed by atoms with Crippen molar-refractivity contribution in [3.05, 3.63) is 24.3 Å². The van der Waals surface area contributed by atoms with Crippen LogP contribution >= 0.6 is 0 Å². The average Bonchev–Trinajstić information content (AvgIpc) is 3.23. The van der Waals surface area contributed by atoms with E-state index in [1.54, 1.807) is 12.2 Å². The normalized spacial score (nSPS) is 21.9. The molecular formula is C48H91NO10. The minimum absolute atomic E-state index is 0.0807. The van der Waals surface area contributed by atoms with Crippen LogP contribution in [0.5, 0.6) is 0 Å². The van der Waals surface area contributed by atoms with Crippen LogP contribution in [-0.2, 0) is 14.3 Å². The number of allylic oxidation sites excluding steroid dienone is 3. The fraction of sp³-hybridized carbons (Fsp3) is 0.896. The van der Waals surface area contributed by atoms with Crippen molar-refractivity contribution in [2.45, 2.75) is 262 Å². The number of nitrogens with one attached hydrogen (secondary N) is 1. The zero-order valence-electron chi connectivity index (χ0n) is 37.5. The molecule has 0 aromatic carbocycles. The minimum Gasteiger partial charge on any atom is -0.394 e. The molecule has 0 spiro atoms. The number of amides is 1. The first-order valence-corrected chi connectivity index (χ1v) is 24.3. The Bertz CT molecular complexity index is 1010. The number of rotatable bonds is 40. The van der Waals surface area contributed by atoms with E-state index in [1.165, 1.54) is 141 Å². The van der Waals surface area contributed by atoms with E-state index >= 15 is 0 Å². The van der Waals surface area contributed by atoms with E-state index in [-0.39, 0.29) is 12.8 Å². The standard InChI is InChI=1S/C48H91NO10/c1-3-5-7-9-11-13-15-17-18-19-20-21-22-23-24-26-28-30-32-34-36-41(52)47(57)49-39(38-58-48-46(56)45(55)44(54)42(37-50)59-48)43(53)40(51)35-33-31-29-27-25-16-14-12-10-8-6-4-2/h27,29,31,33,39-46,48,50-56H,3-26,28,30,32,34-38H2,1-2H3,(H,49,57)/t39-,40+,41+,42+,43-,44+,45-,46+,48+/m0/s1. The predicted molar refractivity (Wildman–Crippen MR) is 238 cm³/mol. The summed E-state index contributed by atoms with van der Waals surface area (Å²) in [6, 6.07) is -1.21. The van der Waals surface area contributed by atoms with Crippen molar-refractivity contribution in [3.8, 4) is 0 Å². The average molecular weight is 842 g/mol. The molecule has 9 atom stereocenters. The first-order valence-electron chi connectivity index (χ1n) is 24.3. The Labute approximate surface area is 359 Å². The van der Waals surface area contributed by atoms with Gasteiger partial charge in [-0.15, -0.1) is 0 Å². The van der Waals surface area contributed by atoms with Crippen LogP contribution in [0.1, 0.15) is 206 Å². The van der Waals surface area contributed by atoms with E-state index in [0.29, 0.717) is 6.42 Å². The number of carbonyl (C=O) groups is 1. The highest BCUT2D eigenvalue weighted by atomic mass is 16.7. The third kappa shape index (κ3) is 28.0.